The minimum atomic E-state index is -0.225. The van der Waals surface area contributed by atoms with Crippen LogP contribution in [-0.4, -0.2) is 45.9 Å². The van der Waals surface area contributed by atoms with Crippen LogP contribution in [0.25, 0.3) is 10.9 Å². The van der Waals surface area contributed by atoms with Gasteiger partial charge in [0.15, 0.2) is 0 Å². The molecule has 0 spiro atoms. The minimum absolute atomic E-state index is 0.0334. The number of aromatic amines is 1. The lowest BCUT2D eigenvalue weighted by Crippen LogP contribution is -2.57. The molecule has 0 saturated carbocycles. The van der Waals surface area contributed by atoms with Crippen molar-refractivity contribution in [2.24, 2.45) is 0 Å². The lowest BCUT2D eigenvalue weighted by Gasteiger charge is -2.44. The van der Waals surface area contributed by atoms with Gasteiger partial charge in [0, 0.05) is 48.8 Å². The summed E-state index contributed by atoms with van der Waals surface area (Å²) in [6.45, 7) is 6.30. The molecule has 28 heavy (non-hydrogen) atoms. The van der Waals surface area contributed by atoms with Crippen LogP contribution in [0.3, 0.4) is 0 Å². The topological polar surface area (TPSA) is 39.3 Å². The molecule has 2 heterocycles. The molecular formula is C22H23ClFN3O. The summed E-state index contributed by atoms with van der Waals surface area (Å²) in [6, 6.07) is 12.5. The number of nitrogens with zero attached hydrogens (tertiary/aromatic N) is 2. The number of amides is 1. The molecule has 1 aliphatic rings. The monoisotopic (exact) mass is 399 g/mol. The molecule has 2 aromatic carbocycles. The van der Waals surface area contributed by atoms with Gasteiger partial charge in [-0.1, -0.05) is 23.7 Å². The molecule has 4 rings (SSSR count). The maximum absolute atomic E-state index is 13.2. The van der Waals surface area contributed by atoms with E-state index < -0.39 is 0 Å². The highest BCUT2D eigenvalue weighted by Gasteiger charge is 2.33. The van der Waals surface area contributed by atoms with Crippen molar-refractivity contribution in [2.75, 3.05) is 13.1 Å². The molecule has 3 aromatic rings. The SMILES string of the molecule is CC1CN(C(=O)c2cc3cc[nH]c3cc2Cl)C(C)CN1Cc1ccc(F)cc1. The van der Waals surface area contributed by atoms with Crippen molar-refractivity contribution >= 4 is 28.4 Å². The van der Waals surface area contributed by atoms with E-state index in [-0.39, 0.29) is 23.8 Å². The number of rotatable bonds is 3. The number of piperazine rings is 1. The molecule has 0 aliphatic carbocycles. The van der Waals surface area contributed by atoms with Gasteiger partial charge in [-0.15, -0.1) is 0 Å². The van der Waals surface area contributed by atoms with E-state index in [4.69, 9.17) is 11.6 Å². The Labute approximate surface area is 168 Å². The maximum Gasteiger partial charge on any atom is 0.255 e. The molecule has 0 bridgehead atoms. The number of benzene rings is 2. The zero-order valence-corrected chi connectivity index (χ0v) is 16.7. The number of hydrogen-bond acceptors (Lipinski definition) is 2. The first-order valence-electron chi connectivity index (χ1n) is 9.48. The highest BCUT2D eigenvalue weighted by Crippen LogP contribution is 2.27. The van der Waals surface area contributed by atoms with Crippen LogP contribution in [0.4, 0.5) is 4.39 Å². The number of halogens is 2. The van der Waals surface area contributed by atoms with Crippen molar-refractivity contribution in [3.05, 3.63) is 70.6 Å². The van der Waals surface area contributed by atoms with E-state index in [1.807, 2.05) is 41.4 Å². The van der Waals surface area contributed by atoms with Crippen molar-refractivity contribution in [3.63, 3.8) is 0 Å². The normalized spacial score (nSPS) is 20.6. The summed E-state index contributed by atoms with van der Waals surface area (Å²) in [5.74, 6) is -0.259. The number of hydrogen-bond donors (Lipinski definition) is 1. The first-order chi connectivity index (χ1) is 13.4. The summed E-state index contributed by atoms with van der Waals surface area (Å²) in [7, 11) is 0. The Kier molecular flexibility index (Phi) is 5.13. The summed E-state index contributed by atoms with van der Waals surface area (Å²) >= 11 is 6.40. The van der Waals surface area contributed by atoms with Crippen molar-refractivity contribution < 1.29 is 9.18 Å². The molecule has 2 atom stereocenters. The highest BCUT2D eigenvalue weighted by molar-refractivity contribution is 6.34. The summed E-state index contributed by atoms with van der Waals surface area (Å²) in [5, 5.41) is 1.44. The van der Waals surface area contributed by atoms with Crippen molar-refractivity contribution in [1.29, 1.82) is 0 Å². The fourth-order valence-electron chi connectivity index (χ4n) is 3.92. The quantitative estimate of drug-likeness (QED) is 0.693. The van der Waals surface area contributed by atoms with Gasteiger partial charge in [-0.05, 0) is 49.7 Å². The van der Waals surface area contributed by atoms with Crippen molar-refractivity contribution in [1.82, 2.24) is 14.8 Å². The van der Waals surface area contributed by atoms with E-state index in [0.29, 0.717) is 17.1 Å². The van der Waals surface area contributed by atoms with Crippen LogP contribution in [-0.2, 0) is 6.54 Å². The van der Waals surface area contributed by atoms with E-state index in [9.17, 15) is 9.18 Å². The zero-order valence-electron chi connectivity index (χ0n) is 16.0. The fraction of sp³-hybridized carbons (Fsp3) is 0.318. The summed E-state index contributed by atoms with van der Waals surface area (Å²) in [5.41, 5.74) is 2.54. The Bertz CT molecular complexity index is 1000. The Morgan fingerprint density at radius 3 is 2.64 bits per heavy atom. The molecule has 6 heteroatoms. The number of nitrogens with one attached hydrogen (secondary N) is 1. The van der Waals surface area contributed by atoms with Crippen LogP contribution >= 0.6 is 11.6 Å². The number of H-pyrrole nitrogens is 1. The molecular weight excluding hydrogens is 377 g/mol. The molecule has 1 fully saturated rings. The van der Waals surface area contributed by atoms with Gasteiger partial charge < -0.3 is 9.88 Å². The molecule has 1 saturated heterocycles. The van der Waals surface area contributed by atoms with Gasteiger partial charge in [0.05, 0.1) is 10.6 Å². The van der Waals surface area contributed by atoms with E-state index in [0.717, 1.165) is 29.6 Å². The fourth-order valence-corrected chi connectivity index (χ4v) is 4.16. The van der Waals surface area contributed by atoms with Gasteiger partial charge in [-0.2, -0.15) is 0 Å². The molecule has 0 radical (unpaired) electrons. The average molecular weight is 400 g/mol. The van der Waals surface area contributed by atoms with Crippen LogP contribution < -0.4 is 0 Å². The molecule has 1 N–H and O–H groups in total. The first-order valence-corrected chi connectivity index (χ1v) is 9.86. The number of carbonyl (C=O) groups is 1. The Morgan fingerprint density at radius 2 is 1.89 bits per heavy atom. The predicted molar refractivity (Wildman–Crippen MR) is 110 cm³/mol. The average Bonchev–Trinajstić information content (AvgIpc) is 3.12. The Hall–Kier alpha value is -2.37. The largest absolute Gasteiger partial charge is 0.361 e. The Morgan fingerprint density at radius 1 is 1.14 bits per heavy atom. The smallest absolute Gasteiger partial charge is 0.255 e. The number of aromatic nitrogens is 1. The number of fused-ring (bicyclic) bond motifs is 1. The summed E-state index contributed by atoms with van der Waals surface area (Å²) in [4.78, 5) is 20.6. The second-order valence-electron chi connectivity index (χ2n) is 7.61. The van der Waals surface area contributed by atoms with E-state index >= 15 is 0 Å². The minimum Gasteiger partial charge on any atom is -0.361 e. The Balaban J connectivity index is 1.51. The van der Waals surface area contributed by atoms with Crippen molar-refractivity contribution in [3.8, 4) is 0 Å². The second kappa shape index (κ2) is 7.57. The molecule has 4 nitrogen and oxygen atoms in total. The zero-order chi connectivity index (χ0) is 19.8. The maximum atomic E-state index is 13.2. The third-order valence-corrected chi connectivity index (χ3v) is 5.86. The van der Waals surface area contributed by atoms with Gasteiger partial charge in [-0.25, -0.2) is 4.39 Å². The summed E-state index contributed by atoms with van der Waals surface area (Å²) in [6.07, 6.45) is 1.84. The van der Waals surface area contributed by atoms with Gasteiger partial charge in [0.25, 0.3) is 5.91 Å². The van der Waals surface area contributed by atoms with E-state index in [1.54, 1.807) is 0 Å². The molecule has 1 aliphatic heterocycles. The van der Waals surface area contributed by atoms with Crippen LogP contribution in [0.1, 0.15) is 29.8 Å². The van der Waals surface area contributed by atoms with Gasteiger partial charge in [0.2, 0.25) is 0 Å². The number of carbonyl (C=O) groups excluding carboxylic acids is 1. The van der Waals surface area contributed by atoms with Gasteiger partial charge in [0.1, 0.15) is 5.82 Å². The molecule has 2 unspecified atom stereocenters. The lowest BCUT2D eigenvalue weighted by molar-refractivity contribution is 0.0291. The molecule has 146 valence electrons. The highest BCUT2D eigenvalue weighted by atomic mass is 35.5. The predicted octanol–water partition coefficient (Wildman–Crippen LogP) is 4.70. The summed E-state index contributed by atoms with van der Waals surface area (Å²) < 4.78 is 13.1. The third kappa shape index (κ3) is 3.64. The second-order valence-corrected chi connectivity index (χ2v) is 8.02. The van der Waals surface area contributed by atoms with Gasteiger partial charge >= 0.3 is 0 Å². The molecule has 1 amide bonds. The third-order valence-electron chi connectivity index (χ3n) is 5.55. The standard InChI is InChI=1S/C22H23ClFN3O/c1-14-12-27(15(2)11-26(14)13-16-3-5-18(24)6-4-16)22(28)19-9-17-7-8-25-21(17)10-20(19)23/h3-10,14-15,25H,11-13H2,1-2H3. The first kappa shape index (κ1) is 19.0. The van der Waals surface area contributed by atoms with Crippen molar-refractivity contribution in [2.45, 2.75) is 32.5 Å². The van der Waals surface area contributed by atoms with Gasteiger partial charge in [-0.3, -0.25) is 9.69 Å². The van der Waals surface area contributed by atoms with Crippen LogP contribution in [0, 0.1) is 5.82 Å². The van der Waals surface area contributed by atoms with E-state index in [2.05, 4.69) is 23.7 Å². The molecule has 1 aromatic heterocycles. The van der Waals surface area contributed by atoms with Crippen LogP contribution in [0.15, 0.2) is 48.7 Å². The lowest BCUT2D eigenvalue weighted by atomic mass is 10.0. The van der Waals surface area contributed by atoms with E-state index in [1.165, 1.54) is 12.1 Å². The van der Waals surface area contributed by atoms with Crippen LogP contribution in [0.5, 0.6) is 0 Å². The van der Waals surface area contributed by atoms with Crippen LogP contribution in [0.2, 0.25) is 5.02 Å².